The van der Waals surface area contributed by atoms with E-state index in [9.17, 15) is 19.8 Å². The van der Waals surface area contributed by atoms with Gasteiger partial charge in [-0.2, -0.15) is 0 Å². The molecule has 3 N–H and O–H groups in total. The predicted molar refractivity (Wildman–Crippen MR) is 125 cm³/mol. The molecule has 7 nitrogen and oxygen atoms in total. The normalized spacial score (nSPS) is 10.5. The number of aromatic nitrogens is 1. The van der Waals surface area contributed by atoms with Crippen molar-refractivity contribution >= 4 is 17.6 Å². The maximum absolute atomic E-state index is 13.1. The van der Waals surface area contributed by atoms with E-state index in [2.05, 4.69) is 10.3 Å². The number of carboxylic acids is 1. The number of hydrogen-bond acceptors (Lipinski definition) is 5. The number of phenols is 1. The standard InChI is InChI=1S/C26H20N2O5/c1-33-24-5-3-2-4-19(24)18-6-8-20(26(31)32)22(15-18)28-25(30)21-14-17(7-9-23(21)29)16-10-12-27-13-11-16/h2-15,29H,1H3,(H,28,30)(H,31,32). The van der Waals surface area contributed by atoms with Crippen LogP contribution in [0.3, 0.4) is 0 Å². The summed E-state index contributed by atoms with van der Waals surface area (Å²) in [6.07, 6.45) is 3.26. The number of phenolic OH excluding ortho intramolecular Hbond substituents is 1. The van der Waals surface area contributed by atoms with Crippen LogP contribution >= 0.6 is 0 Å². The third-order valence-corrected chi connectivity index (χ3v) is 5.17. The van der Waals surface area contributed by atoms with Crippen LogP contribution in [-0.2, 0) is 0 Å². The molecule has 3 aromatic carbocycles. The van der Waals surface area contributed by atoms with Gasteiger partial charge >= 0.3 is 5.97 Å². The Kier molecular flexibility index (Phi) is 6.04. The third kappa shape index (κ3) is 4.52. The first-order chi connectivity index (χ1) is 16.0. The molecule has 0 atom stereocenters. The van der Waals surface area contributed by atoms with E-state index in [1.807, 2.05) is 18.2 Å². The maximum Gasteiger partial charge on any atom is 0.337 e. The molecule has 0 radical (unpaired) electrons. The van der Waals surface area contributed by atoms with Gasteiger partial charge in [-0.25, -0.2) is 4.79 Å². The van der Waals surface area contributed by atoms with Crippen molar-refractivity contribution in [2.75, 3.05) is 12.4 Å². The lowest BCUT2D eigenvalue weighted by Crippen LogP contribution is -2.15. The largest absolute Gasteiger partial charge is 0.507 e. The summed E-state index contributed by atoms with van der Waals surface area (Å²) >= 11 is 0. The number of carbonyl (C=O) groups is 2. The smallest absolute Gasteiger partial charge is 0.337 e. The molecule has 1 amide bonds. The van der Waals surface area contributed by atoms with Crippen molar-refractivity contribution in [2.45, 2.75) is 0 Å². The highest BCUT2D eigenvalue weighted by Gasteiger charge is 2.18. The summed E-state index contributed by atoms with van der Waals surface area (Å²) in [6.45, 7) is 0. The van der Waals surface area contributed by atoms with E-state index in [0.717, 1.165) is 11.1 Å². The van der Waals surface area contributed by atoms with E-state index in [1.165, 1.54) is 12.1 Å². The Hall–Kier alpha value is -4.65. The number of nitrogens with one attached hydrogen (secondary N) is 1. The summed E-state index contributed by atoms with van der Waals surface area (Å²) in [5.74, 6) is -1.43. The van der Waals surface area contributed by atoms with Crippen LogP contribution in [-0.4, -0.2) is 34.2 Å². The van der Waals surface area contributed by atoms with Crippen LogP contribution in [0.4, 0.5) is 5.69 Å². The Morgan fingerprint density at radius 2 is 1.58 bits per heavy atom. The zero-order valence-corrected chi connectivity index (χ0v) is 17.6. The monoisotopic (exact) mass is 440 g/mol. The van der Waals surface area contributed by atoms with E-state index in [-0.39, 0.29) is 22.6 Å². The van der Waals surface area contributed by atoms with E-state index in [1.54, 1.807) is 62.0 Å². The minimum absolute atomic E-state index is 0.0170. The van der Waals surface area contributed by atoms with Crippen LogP contribution in [0.2, 0.25) is 0 Å². The van der Waals surface area contributed by atoms with Crippen LogP contribution in [0.5, 0.6) is 11.5 Å². The van der Waals surface area contributed by atoms with E-state index in [4.69, 9.17) is 4.74 Å². The summed E-state index contributed by atoms with van der Waals surface area (Å²) in [7, 11) is 1.55. The Morgan fingerprint density at radius 3 is 2.30 bits per heavy atom. The number of aromatic hydroxyl groups is 1. The molecular weight excluding hydrogens is 420 g/mol. The lowest BCUT2D eigenvalue weighted by Gasteiger charge is -2.14. The average molecular weight is 440 g/mol. The SMILES string of the molecule is COc1ccccc1-c1ccc(C(=O)O)c(NC(=O)c2cc(-c3ccncc3)ccc2O)c1. The number of anilines is 1. The molecule has 0 fully saturated rings. The molecule has 0 saturated heterocycles. The number of benzene rings is 3. The number of nitrogens with zero attached hydrogens (tertiary/aromatic N) is 1. The number of pyridine rings is 1. The summed E-state index contributed by atoms with van der Waals surface area (Å²) in [4.78, 5) is 28.8. The van der Waals surface area contributed by atoms with Gasteiger partial charge in [0.25, 0.3) is 5.91 Å². The van der Waals surface area contributed by atoms with Crippen LogP contribution < -0.4 is 10.1 Å². The minimum Gasteiger partial charge on any atom is -0.507 e. The molecule has 4 rings (SSSR count). The molecule has 33 heavy (non-hydrogen) atoms. The molecule has 7 heteroatoms. The predicted octanol–water partition coefficient (Wildman–Crippen LogP) is 5.08. The Labute approximate surface area is 189 Å². The van der Waals surface area contributed by atoms with Gasteiger partial charge in [0, 0.05) is 18.0 Å². The molecule has 0 unspecified atom stereocenters. The molecule has 0 aliphatic heterocycles. The number of hydrogen-bond donors (Lipinski definition) is 3. The number of para-hydroxylation sites is 1. The van der Waals surface area contributed by atoms with E-state index < -0.39 is 11.9 Å². The molecule has 0 aliphatic carbocycles. The molecule has 1 aromatic heterocycles. The number of methoxy groups -OCH3 is 1. The topological polar surface area (TPSA) is 109 Å². The van der Waals surface area contributed by atoms with Crippen molar-refractivity contribution in [1.82, 2.24) is 4.98 Å². The number of ether oxygens (including phenoxy) is 1. The van der Waals surface area contributed by atoms with Crippen molar-refractivity contribution in [3.8, 4) is 33.8 Å². The highest BCUT2D eigenvalue weighted by atomic mass is 16.5. The molecule has 0 spiro atoms. The first-order valence-electron chi connectivity index (χ1n) is 10.0. The molecular formula is C26H20N2O5. The Morgan fingerprint density at radius 1 is 0.848 bits per heavy atom. The second kappa shape index (κ2) is 9.23. The summed E-state index contributed by atoms with van der Waals surface area (Å²) in [5, 5.41) is 22.6. The number of aromatic carboxylic acids is 1. The van der Waals surface area contributed by atoms with Crippen LogP contribution in [0.15, 0.2) is 85.2 Å². The van der Waals surface area contributed by atoms with E-state index >= 15 is 0 Å². The Bertz CT molecular complexity index is 1340. The highest BCUT2D eigenvalue weighted by molar-refractivity contribution is 6.10. The van der Waals surface area contributed by atoms with Crippen LogP contribution in [0.1, 0.15) is 20.7 Å². The summed E-state index contributed by atoms with van der Waals surface area (Å²) in [6, 6.07) is 20.2. The molecule has 0 saturated carbocycles. The van der Waals surface area contributed by atoms with Crippen molar-refractivity contribution in [3.63, 3.8) is 0 Å². The number of amides is 1. The van der Waals surface area contributed by atoms with Gasteiger partial charge in [0.1, 0.15) is 11.5 Å². The second-order valence-corrected chi connectivity index (χ2v) is 7.19. The maximum atomic E-state index is 13.1. The van der Waals surface area contributed by atoms with Gasteiger partial charge in [0.05, 0.1) is 23.9 Å². The molecule has 0 aliphatic rings. The van der Waals surface area contributed by atoms with Crippen LogP contribution in [0.25, 0.3) is 22.3 Å². The zero-order chi connectivity index (χ0) is 23.4. The zero-order valence-electron chi connectivity index (χ0n) is 17.6. The van der Waals surface area contributed by atoms with Gasteiger partial charge in [-0.15, -0.1) is 0 Å². The first kappa shape index (κ1) is 21.6. The molecule has 4 aromatic rings. The van der Waals surface area contributed by atoms with Crippen LogP contribution in [0, 0.1) is 0 Å². The van der Waals surface area contributed by atoms with Crippen molar-refractivity contribution in [3.05, 3.63) is 96.3 Å². The number of carbonyl (C=O) groups excluding carboxylic acids is 1. The number of carboxylic acid groups (broad SMARTS) is 1. The van der Waals surface area contributed by atoms with Gasteiger partial charge < -0.3 is 20.3 Å². The fraction of sp³-hybridized carbons (Fsp3) is 0.0385. The molecule has 1 heterocycles. The van der Waals surface area contributed by atoms with Crippen molar-refractivity contribution in [2.24, 2.45) is 0 Å². The molecule has 164 valence electrons. The quantitative estimate of drug-likeness (QED) is 0.386. The van der Waals surface area contributed by atoms with Gasteiger partial charge in [-0.05, 0) is 59.2 Å². The summed E-state index contributed by atoms with van der Waals surface area (Å²) < 4.78 is 5.40. The fourth-order valence-electron chi connectivity index (χ4n) is 3.52. The molecule has 0 bridgehead atoms. The highest BCUT2D eigenvalue weighted by Crippen LogP contribution is 2.33. The first-order valence-corrected chi connectivity index (χ1v) is 10.0. The lowest BCUT2D eigenvalue weighted by atomic mass is 10.0. The van der Waals surface area contributed by atoms with Gasteiger partial charge in [0.15, 0.2) is 0 Å². The number of rotatable bonds is 6. The second-order valence-electron chi connectivity index (χ2n) is 7.19. The van der Waals surface area contributed by atoms with Crippen molar-refractivity contribution < 1.29 is 24.5 Å². The minimum atomic E-state index is -1.19. The Balaban J connectivity index is 1.73. The van der Waals surface area contributed by atoms with E-state index in [0.29, 0.717) is 16.9 Å². The summed E-state index contributed by atoms with van der Waals surface area (Å²) in [5.41, 5.74) is 2.99. The average Bonchev–Trinajstić information content (AvgIpc) is 2.84. The van der Waals surface area contributed by atoms with Gasteiger partial charge in [-0.1, -0.05) is 30.3 Å². The van der Waals surface area contributed by atoms with Gasteiger partial charge in [-0.3, -0.25) is 9.78 Å². The van der Waals surface area contributed by atoms with Gasteiger partial charge in [0.2, 0.25) is 0 Å². The van der Waals surface area contributed by atoms with Crippen molar-refractivity contribution in [1.29, 1.82) is 0 Å². The third-order valence-electron chi connectivity index (χ3n) is 5.17. The lowest BCUT2D eigenvalue weighted by molar-refractivity contribution is 0.0698. The fourth-order valence-corrected chi connectivity index (χ4v) is 3.52.